The summed E-state index contributed by atoms with van der Waals surface area (Å²) < 4.78 is 46.2. The van der Waals surface area contributed by atoms with Crippen molar-refractivity contribution in [2.75, 3.05) is 9.62 Å². The van der Waals surface area contributed by atoms with Crippen LogP contribution in [0.3, 0.4) is 0 Å². The Bertz CT molecular complexity index is 1540. The Morgan fingerprint density at radius 3 is 2.50 bits per heavy atom. The number of hydrogen-bond donors (Lipinski definition) is 1. The number of halogens is 1. The average Bonchev–Trinajstić information content (AvgIpc) is 3.52. The van der Waals surface area contributed by atoms with Gasteiger partial charge in [-0.15, -0.1) is 0 Å². The molecular formula is C32H34FN3O4S2. The molecule has 42 heavy (non-hydrogen) atoms. The fourth-order valence-corrected chi connectivity index (χ4v) is 5.71. The molecule has 0 saturated carbocycles. The van der Waals surface area contributed by atoms with E-state index in [1.807, 2.05) is 61.2 Å². The Morgan fingerprint density at radius 2 is 1.79 bits per heavy atom. The van der Waals surface area contributed by atoms with Crippen LogP contribution >= 0.6 is 12.0 Å². The second-order valence-electron chi connectivity index (χ2n) is 9.10. The summed E-state index contributed by atoms with van der Waals surface area (Å²) in [6.45, 7) is 12.5. The molecule has 0 radical (unpaired) electrons. The van der Waals surface area contributed by atoms with Gasteiger partial charge in [-0.3, -0.25) is 4.72 Å². The van der Waals surface area contributed by atoms with Gasteiger partial charge in [0.25, 0.3) is 0 Å². The van der Waals surface area contributed by atoms with Gasteiger partial charge in [0.1, 0.15) is 23.6 Å². The van der Waals surface area contributed by atoms with Gasteiger partial charge in [-0.1, -0.05) is 51.9 Å². The number of anilines is 3. The monoisotopic (exact) mass is 607 g/mol. The molecule has 2 atom stereocenters. The van der Waals surface area contributed by atoms with Gasteiger partial charge in [-0.25, -0.2) is 8.60 Å². The van der Waals surface area contributed by atoms with Crippen molar-refractivity contribution in [3.8, 4) is 17.2 Å². The molecule has 7 nitrogen and oxygen atoms in total. The molecule has 0 saturated heterocycles. The van der Waals surface area contributed by atoms with E-state index in [2.05, 4.69) is 30.3 Å². The number of rotatable bonds is 11. The average molecular weight is 608 g/mol. The van der Waals surface area contributed by atoms with Gasteiger partial charge >= 0.3 is 0 Å². The molecule has 3 aromatic carbocycles. The lowest BCUT2D eigenvalue weighted by Crippen LogP contribution is -2.19. The molecule has 10 heteroatoms. The zero-order valence-electron chi connectivity index (χ0n) is 24.0. The molecule has 4 aromatic rings. The Labute approximate surface area is 253 Å². The first kappa shape index (κ1) is 30.9. The van der Waals surface area contributed by atoms with Crippen molar-refractivity contribution < 1.29 is 22.0 Å². The number of allylic oxidation sites excluding steroid dienone is 1. The normalized spacial score (nSPS) is 13.5. The Morgan fingerprint density at radius 1 is 1.05 bits per heavy atom. The van der Waals surface area contributed by atoms with E-state index in [1.54, 1.807) is 24.3 Å². The number of benzene rings is 3. The van der Waals surface area contributed by atoms with Crippen molar-refractivity contribution in [1.29, 1.82) is 0 Å². The van der Waals surface area contributed by atoms with E-state index in [9.17, 15) is 8.60 Å². The van der Waals surface area contributed by atoms with Crippen LogP contribution < -0.4 is 18.5 Å². The van der Waals surface area contributed by atoms with E-state index in [0.29, 0.717) is 28.0 Å². The minimum Gasteiger partial charge on any atom is -0.457 e. The highest BCUT2D eigenvalue weighted by atomic mass is 32.2. The largest absolute Gasteiger partial charge is 0.457 e. The summed E-state index contributed by atoms with van der Waals surface area (Å²) in [4.78, 5) is 2.58. The smallest absolute Gasteiger partial charge is 0.181 e. The Hall–Kier alpha value is -4.02. The highest BCUT2D eigenvalue weighted by Gasteiger charge is 2.24. The predicted molar refractivity (Wildman–Crippen MR) is 170 cm³/mol. The second-order valence-corrected chi connectivity index (χ2v) is 11.5. The fourth-order valence-electron chi connectivity index (χ4n) is 4.14. The van der Waals surface area contributed by atoms with E-state index in [0.717, 1.165) is 35.5 Å². The number of fused-ring (bicyclic) bond motifs is 1. The highest BCUT2D eigenvalue weighted by Crippen LogP contribution is 2.45. The number of hydrogen-bond acceptors (Lipinski definition) is 7. The molecule has 1 aliphatic heterocycles. The highest BCUT2D eigenvalue weighted by molar-refractivity contribution is 7.95. The molecule has 0 amide bonds. The van der Waals surface area contributed by atoms with Gasteiger partial charge in [0.15, 0.2) is 22.6 Å². The van der Waals surface area contributed by atoms with E-state index in [-0.39, 0.29) is 11.1 Å². The third-order valence-corrected chi connectivity index (χ3v) is 7.97. The van der Waals surface area contributed by atoms with Crippen molar-refractivity contribution in [1.82, 2.24) is 5.16 Å². The van der Waals surface area contributed by atoms with E-state index < -0.39 is 11.0 Å². The van der Waals surface area contributed by atoms with Gasteiger partial charge < -0.3 is 18.3 Å². The van der Waals surface area contributed by atoms with Crippen LogP contribution in [-0.4, -0.2) is 14.6 Å². The fraction of sp³-hybridized carbons (Fsp3) is 0.219. The minimum absolute atomic E-state index is 0.283. The lowest BCUT2D eigenvalue weighted by atomic mass is 10.0. The number of nitrogens with zero attached hydrogens (tertiary/aromatic N) is 2. The number of nitrogens with one attached hydrogen (secondary N) is 1. The zero-order valence-corrected chi connectivity index (χ0v) is 25.6. The lowest BCUT2D eigenvalue weighted by molar-refractivity contribution is 0.423. The lowest BCUT2D eigenvalue weighted by Gasteiger charge is -2.31. The molecule has 2 heterocycles. The minimum atomic E-state index is -1.53. The summed E-state index contributed by atoms with van der Waals surface area (Å²) in [5.41, 5.74) is 3.24. The summed E-state index contributed by atoms with van der Waals surface area (Å²) >= 11 is 1.40. The third kappa shape index (κ3) is 7.63. The molecule has 0 bridgehead atoms. The van der Waals surface area contributed by atoms with Gasteiger partial charge in [0.2, 0.25) is 0 Å². The van der Waals surface area contributed by atoms with Crippen LogP contribution in [0.4, 0.5) is 21.6 Å². The summed E-state index contributed by atoms with van der Waals surface area (Å²) in [6, 6.07) is 18.6. The first-order chi connectivity index (χ1) is 20.4. The van der Waals surface area contributed by atoms with Crippen LogP contribution in [-0.2, 0) is 11.0 Å². The van der Waals surface area contributed by atoms with Gasteiger partial charge in [-0.05, 0) is 72.7 Å². The first-order valence-electron chi connectivity index (χ1n) is 13.7. The van der Waals surface area contributed by atoms with Crippen molar-refractivity contribution >= 4 is 46.3 Å². The molecule has 0 aliphatic carbocycles. The maximum atomic E-state index is 13.4. The molecular weight excluding hydrogens is 574 g/mol. The topological polar surface area (TPSA) is 76.8 Å². The van der Waals surface area contributed by atoms with Crippen molar-refractivity contribution in [2.24, 2.45) is 0 Å². The van der Waals surface area contributed by atoms with Crippen LogP contribution in [0.2, 0.25) is 0 Å². The van der Waals surface area contributed by atoms with Crippen LogP contribution in [0.1, 0.15) is 46.1 Å². The zero-order chi connectivity index (χ0) is 30.1. The second kappa shape index (κ2) is 14.7. The van der Waals surface area contributed by atoms with Crippen LogP contribution in [0.25, 0.3) is 6.08 Å². The van der Waals surface area contributed by atoms with Crippen molar-refractivity contribution in [3.05, 3.63) is 103 Å². The molecule has 1 aromatic heterocycles. The number of ether oxygens (including phenoxy) is 1. The third-order valence-electron chi connectivity index (χ3n) is 6.05. The maximum absolute atomic E-state index is 13.4. The van der Waals surface area contributed by atoms with Crippen molar-refractivity contribution in [3.63, 3.8) is 0 Å². The SMILES string of the molecule is C=C1C=Cc2cc(S(=O)Nc3ccon3)ccc2N1c1ccc(Oc2ccc(F)cc2)cc1OSC(C)CCC.CC. The molecule has 5 rings (SSSR count). The van der Waals surface area contributed by atoms with Crippen LogP contribution in [0.15, 0.2) is 101 Å². The van der Waals surface area contributed by atoms with E-state index >= 15 is 0 Å². The van der Waals surface area contributed by atoms with E-state index in [4.69, 9.17) is 13.4 Å². The molecule has 0 fully saturated rings. The Kier molecular flexibility index (Phi) is 10.9. The summed E-state index contributed by atoms with van der Waals surface area (Å²) in [7, 11) is -1.53. The first-order valence-corrected chi connectivity index (χ1v) is 15.7. The molecule has 2 unspecified atom stereocenters. The van der Waals surface area contributed by atoms with Crippen LogP contribution in [0.5, 0.6) is 17.2 Å². The standard InChI is InChI=1S/C30H28FN3O4S2.C2H6/c1-4-5-21(3)39-38-29-19-25(37-24-10-8-23(31)9-11-24)12-14-28(29)34-20(2)6-7-22-18-26(13-15-27(22)34)40(35)33-30-16-17-36-32-30;1-2/h6-19,21H,2,4-5H2,1,3H3,(H,32,33);1-2H3. The van der Waals surface area contributed by atoms with Crippen molar-refractivity contribution in [2.45, 2.75) is 50.7 Å². The Balaban J connectivity index is 0.00000198. The molecule has 0 spiro atoms. The molecule has 1 N–H and O–H groups in total. The molecule has 1 aliphatic rings. The summed E-state index contributed by atoms with van der Waals surface area (Å²) in [5, 5.41) is 4.05. The van der Waals surface area contributed by atoms with E-state index in [1.165, 1.54) is 30.4 Å². The van der Waals surface area contributed by atoms with Gasteiger partial charge in [-0.2, -0.15) is 0 Å². The number of aromatic nitrogens is 1. The van der Waals surface area contributed by atoms with Crippen LogP contribution in [0, 0.1) is 5.82 Å². The summed E-state index contributed by atoms with van der Waals surface area (Å²) in [6.07, 6.45) is 7.31. The molecule has 220 valence electrons. The van der Waals surface area contributed by atoms with Gasteiger partial charge in [0.05, 0.1) is 28.3 Å². The maximum Gasteiger partial charge on any atom is 0.181 e. The quantitative estimate of drug-likeness (QED) is 0.170. The predicted octanol–water partition coefficient (Wildman–Crippen LogP) is 9.66. The van der Waals surface area contributed by atoms with Gasteiger partial charge in [0, 0.05) is 23.1 Å². The summed E-state index contributed by atoms with van der Waals surface area (Å²) in [5.74, 6) is 1.72.